The van der Waals surface area contributed by atoms with Crippen molar-refractivity contribution in [3.8, 4) is 16.9 Å². The van der Waals surface area contributed by atoms with Crippen LogP contribution in [-0.2, 0) is 0 Å². The Hall–Kier alpha value is -2.63. The number of nitrogens with two attached hydrogens (primary N) is 1. The molecule has 5 rings (SSSR count). The molecule has 0 saturated heterocycles. The van der Waals surface area contributed by atoms with Crippen LogP contribution in [0, 0.1) is 0 Å². The molecule has 4 aromatic rings. The van der Waals surface area contributed by atoms with Gasteiger partial charge in [0.25, 0.3) is 5.56 Å². The first-order valence-electron chi connectivity index (χ1n) is 9.19. The fourth-order valence-electron chi connectivity index (χ4n) is 3.91. The number of rotatable bonds is 3. The van der Waals surface area contributed by atoms with Gasteiger partial charge in [0, 0.05) is 22.4 Å². The fraction of sp³-hybridized carbons (Fsp3) is 0.227. The van der Waals surface area contributed by atoms with Crippen LogP contribution >= 0.6 is 11.3 Å². The van der Waals surface area contributed by atoms with Gasteiger partial charge in [0.2, 0.25) is 0 Å². The third-order valence-electron chi connectivity index (χ3n) is 5.46. The van der Waals surface area contributed by atoms with Crippen molar-refractivity contribution in [3.05, 3.63) is 63.3 Å². The zero-order chi connectivity index (χ0) is 18.7. The highest BCUT2D eigenvalue weighted by Gasteiger charge is 2.29. The number of pyridine rings is 1. The Bertz CT molecular complexity index is 1230. The number of aromatic amines is 1. The summed E-state index contributed by atoms with van der Waals surface area (Å²) in [6.07, 6.45) is 2.20. The summed E-state index contributed by atoms with van der Waals surface area (Å²) >= 11 is 1.43. The van der Waals surface area contributed by atoms with E-state index in [1.165, 1.54) is 11.3 Å². The highest BCUT2D eigenvalue weighted by atomic mass is 32.1. The number of hydrogen-bond acceptors (Lipinski definition) is 4. The molecule has 136 valence electrons. The van der Waals surface area contributed by atoms with Crippen LogP contribution in [-0.4, -0.2) is 10.1 Å². The molecular weight excluding hydrogens is 356 g/mol. The van der Waals surface area contributed by atoms with Crippen molar-refractivity contribution in [2.75, 3.05) is 0 Å². The number of aromatic hydroxyl groups is 1. The van der Waals surface area contributed by atoms with Crippen LogP contribution < -0.4 is 11.3 Å². The quantitative estimate of drug-likeness (QED) is 0.470. The first-order valence-corrected chi connectivity index (χ1v) is 10.1. The van der Waals surface area contributed by atoms with Gasteiger partial charge in [0.1, 0.15) is 10.4 Å². The van der Waals surface area contributed by atoms with Crippen LogP contribution in [0.1, 0.15) is 42.9 Å². The second kappa shape index (κ2) is 5.94. The molecule has 0 aliphatic heterocycles. The van der Waals surface area contributed by atoms with E-state index < -0.39 is 0 Å². The molecule has 1 fully saturated rings. The van der Waals surface area contributed by atoms with Crippen molar-refractivity contribution in [1.29, 1.82) is 0 Å². The van der Waals surface area contributed by atoms with Gasteiger partial charge in [0.05, 0.1) is 5.52 Å². The SMILES string of the molecule is CC(N)c1ccc(-c2c(O)cc(C3CC3)c3[nH]c(=O)c4sccc4c23)cc1. The maximum absolute atomic E-state index is 12.6. The number of phenolic OH excluding ortho intramolecular Hbond substituents is 1. The molecule has 0 spiro atoms. The standard InChI is InChI=1S/C22H20N2O2S/c1-11(23)12-2-6-14(7-3-12)18-17(25)10-16(13-4-5-13)20-19(18)15-8-9-27-21(15)22(26)24-20/h2-3,6-11,13,25H,4-5,23H2,1H3,(H,24,26). The Kier molecular flexibility index (Phi) is 3.64. The number of nitrogens with one attached hydrogen (secondary N) is 1. The predicted molar refractivity (Wildman–Crippen MR) is 112 cm³/mol. The van der Waals surface area contributed by atoms with Gasteiger partial charge in [-0.05, 0) is 59.9 Å². The van der Waals surface area contributed by atoms with Gasteiger partial charge < -0.3 is 15.8 Å². The number of benzene rings is 2. The molecule has 0 amide bonds. The first-order chi connectivity index (χ1) is 13.0. The van der Waals surface area contributed by atoms with Crippen LogP contribution in [0.4, 0.5) is 0 Å². The van der Waals surface area contributed by atoms with Crippen LogP contribution in [0.15, 0.2) is 46.6 Å². The minimum Gasteiger partial charge on any atom is -0.507 e. The molecule has 1 aliphatic rings. The van der Waals surface area contributed by atoms with Gasteiger partial charge >= 0.3 is 0 Å². The van der Waals surface area contributed by atoms with Crippen LogP contribution in [0.25, 0.3) is 32.1 Å². The fourth-order valence-corrected chi connectivity index (χ4v) is 4.70. The lowest BCUT2D eigenvalue weighted by Gasteiger charge is -2.15. The van der Waals surface area contributed by atoms with Crippen molar-refractivity contribution in [2.45, 2.75) is 31.7 Å². The topological polar surface area (TPSA) is 79.1 Å². The summed E-state index contributed by atoms with van der Waals surface area (Å²) in [5, 5.41) is 14.7. The molecular formula is C22H20N2O2S. The van der Waals surface area contributed by atoms with E-state index in [1.807, 2.05) is 48.7 Å². The van der Waals surface area contributed by atoms with Gasteiger partial charge in [-0.1, -0.05) is 24.3 Å². The lowest BCUT2D eigenvalue weighted by Crippen LogP contribution is -2.07. The second-order valence-corrected chi connectivity index (χ2v) is 8.33. The van der Waals surface area contributed by atoms with E-state index in [0.717, 1.165) is 51.4 Å². The van der Waals surface area contributed by atoms with Crippen molar-refractivity contribution in [1.82, 2.24) is 4.98 Å². The number of phenols is 1. The third-order valence-corrected chi connectivity index (χ3v) is 6.37. The highest BCUT2D eigenvalue weighted by Crippen LogP contribution is 2.48. The second-order valence-electron chi connectivity index (χ2n) is 7.41. The number of fused-ring (bicyclic) bond motifs is 3. The molecule has 1 unspecified atom stereocenters. The Labute approximate surface area is 160 Å². The zero-order valence-electron chi connectivity index (χ0n) is 15.0. The molecule has 2 heterocycles. The Morgan fingerprint density at radius 2 is 1.96 bits per heavy atom. The Morgan fingerprint density at radius 3 is 2.63 bits per heavy atom. The van der Waals surface area contributed by atoms with E-state index in [0.29, 0.717) is 10.6 Å². The van der Waals surface area contributed by atoms with Gasteiger partial charge in [-0.25, -0.2) is 0 Å². The zero-order valence-corrected chi connectivity index (χ0v) is 15.8. The molecule has 2 aromatic heterocycles. The van der Waals surface area contributed by atoms with E-state index >= 15 is 0 Å². The predicted octanol–water partition coefficient (Wildman–Crippen LogP) is 5.01. The maximum Gasteiger partial charge on any atom is 0.266 e. The van der Waals surface area contributed by atoms with Gasteiger partial charge in [-0.15, -0.1) is 11.3 Å². The lowest BCUT2D eigenvalue weighted by molar-refractivity contribution is 0.477. The van der Waals surface area contributed by atoms with E-state index in [9.17, 15) is 9.90 Å². The number of H-pyrrole nitrogens is 1. The highest BCUT2D eigenvalue weighted by molar-refractivity contribution is 7.17. The summed E-state index contributed by atoms with van der Waals surface area (Å²) in [6, 6.07) is 11.8. The smallest absolute Gasteiger partial charge is 0.266 e. The van der Waals surface area contributed by atoms with Crippen LogP contribution in [0.5, 0.6) is 5.75 Å². The summed E-state index contributed by atoms with van der Waals surface area (Å²) < 4.78 is 0.697. The largest absolute Gasteiger partial charge is 0.507 e. The molecule has 0 bridgehead atoms. The summed E-state index contributed by atoms with van der Waals surface area (Å²) in [5.41, 5.74) is 10.6. The molecule has 4 N–H and O–H groups in total. The van der Waals surface area contributed by atoms with E-state index in [4.69, 9.17) is 5.73 Å². The summed E-state index contributed by atoms with van der Waals surface area (Å²) in [4.78, 5) is 15.7. The molecule has 27 heavy (non-hydrogen) atoms. The van der Waals surface area contributed by atoms with Crippen molar-refractivity contribution >= 4 is 32.3 Å². The minimum absolute atomic E-state index is 0.0402. The Balaban J connectivity index is 1.89. The molecule has 2 aromatic carbocycles. The number of thiophene rings is 1. The molecule has 0 radical (unpaired) electrons. The van der Waals surface area contributed by atoms with Gasteiger partial charge in [-0.3, -0.25) is 4.79 Å². The number of hydrogen-bond donors (Lipinski definition) is 3. The van der Waals surface area contributed by atoms with Crippen molar-refractivity contribution in [2.24, 2.45) is 5.73 Å². The van der Waals surface area contributed by atoms with Gasteiger partial charge in [0.15, 0.2) is 0 Å². The molecule has 1 atom stereocenters. The summed E-state index contributed by atoms with van der Waals surface area (Å²) in [5.74, 6) is 0.678. The average Bonchev–Trinajstić information content (AvgIpc) is 3.37. The summed E-state index contributed by atoms with van der Waals surface area (Å²) in [7, 11) is 0. The van der Waals surface area contributed by atoms with E-state index in [2.05, 4.69) is 4.98 Å². The third kappa shape index (κ3) is 2.58. The van der Waals surface area contributed by atoms with Crippen LogP contribution in [0.3, 0.4) is 0 Å². The van der Waals surface area contributed by atoms with Crippen molar-refractivity contribution in [3.63, 3.8) is 0 Å². The van der Waals surface area contributed by atoms with Crippen LogP contribution in [0.2, 0.25) is 0 Å². The molecule has 5 heteroatoms. The first kappa shape index (κ1) is 16.5. The molecule has 1 aliphatic carbocycles. The Morgan fingerprint density at radius 1 is 1.22 bits per heavy atom. The average molecular weight is 376 g/mol. The minimum atomic E-state index is -0.0571. The maximum atomic E-state index is 12.6. The normalized spacial score (nSPS) is 15.5. The van der Waals surface area contributed by atoms with Crippen molar-refractivity contribution < 1.29 is 5.11 Å². The van der Waals surface area contributed by atoms with E-state index in [1.54, 1.807) is 0 Å². The van der Waals surface area contributed by atoms with E-state index in [-0.39, 0.29) is 17.4 Å². The lowest BCUT2D eigenvalue weighted by atomic mass is 9.92. The summed E-state index contributed by atoms with van der Waals surface area (Å²) in [6.45, 7) is 1.95. The molecule has 1 saturated carbocycles. The molecule has 4 nitrogen and oxygen atoms in total. The number of aromatic nitrogens is 1. The monoisotopic (exact) mass is 376 g/mol. The van der Waals surface area contributed by atoms with Gasteiger partial charge in [-0.2, -0.15) is 0 Å².